The average Bonchev–Trinajstić information content (AvgIpc) is 3.80. The first-order valence-corrected chi connectivity index (χ1v) is 14.1. The zero-order chi connectivity index (χ0) is 29.1. The van der Waals surface area contributed by atoms with Gasteiger partial charge in [-0.3, -0.25) is 4.79 Å². The molecule has 7 nitrogen and oxygen atoms in total. The number of benzene rings is 3. The molecule has 0 aromatic heterocycles. The van der Waals surface area contributed by atoms with E-state index >= 15 is 0 Å². The van der Waals surface area contributed by atoms with Gasteiger partial charge in [-0.15, -0.1) is 0 Å². The number of aromatic hydroxyl groups is 1. The van der Waals surface area contributed by atoms with Crippen molar-refractivity contribution in [1.82, 2.24) is 9.80 Å². The van der Waals surface area contributed by atoms with Crippen LogP contribution in [0.5, 0.6) is 11.5 Å². The summed E-state index contributed by atoms with van der Waals surface area (Å²) in [7, 11) is 1.55. The van der Waals surface area contributed by atoms with Crippen molar-refractivity contribution in [2.24, 2.45) is 0 Å². The van der Waals surface area contributed by atoms with Crippen LogP contribution in [-0.4, -0.2) is 58.7 Å². The SMILES string of the molecule is COc1cc(O)cc(CN(C(=O)C2=C(c3cccc(-c4ccccc4)c3)CCN(C(=O)OC(C)(C)C)C2)C2CC2)c1. The molecule has 1 aliphatic carbocycles. The van der Waals surface area contributed by atoms with Gasteiger partial charge < -0.3 is 24.4 Å². The molecule has 0 radical (unpaired) electrons. The summed E-state index contributed by atoms with van der Waals surface area (Å²) in [5.41, 5.74) is 4.86. The van der Waals surface area contributed by atoms with E-state index in [2.05, 4.69) is 24.3 Å². The second kappa shape index (κ2) is 11.7. The molecule has 0 atom stereocenters. The third-order valence-corrected chi connectivity index (χ3v) is 7.36. The summed E-state index contributed by atoms with van der Waals surface area (Å²) in [6, 6.07) is 23.6. The highest BCUT2D eigenvalue weighted by Crippen LogP contribution is 2.36. The molecule has 5 rings (SSSR count). The smallest absolute Gasteiger partial charge is 0.410 e. The molecule has 214 valence electrons. The van der Waals surface area contributed by atoms with E-state index in [-0.39, 0.29) is 24.2 Å². The van der Waals surface area contributed by atoms with Gasteiger partial charge in [0.15, 0.2) is 0 Å². The number of phenols is 1. The fraction of sp³-hybridized carbons (Fsp3) is 0.353. The first-order valence-electron chi connectivity index (χ1n) is 14.1. The van der Waals surface area contributed by atoms with Crippen molar-refractivity contribution in [2.45, 2.75) is 58.2 Å². The van der Waals surface area contributed by atoms with Crippen LogP contribution in [0.1, 0.15) is 51.2 Å². The van der Waals surface area contributed by atoms with Crippen LogP contribution in [0, 0.1) is 0 Å². The van der Waals surface area contributed by atoms with E-state index in [0.717, 1.165) is 40.7 Å². The fourth-order valence-corrected chi connectivity index (χ4v) is 5.25. The van der Waals surface area contributed by atoms with Crippen LogP contribution in [0.2, 0.25) is 0 Å². The van der Waals surface area contributed by atoms with Gasteiger partial charge in [-0.1, -0.05) is 48.5 Å². The third-order valence-electron chi connectivity index (χ3n) is 7.36. The summed E-state index contributed by atoms with van der Waals surface area (Å²) in [5, 5.41) is 10.2. The normalized spacial score (nSPS) is 15.5. The number of hydrogen-bond acceptors (Lipinski definition) is 5. The second-order valence-corrected chi connectivity index (χ2v) is 11.8. The Balaban J connectivity index is 1.53. The fourth-order valence-electron chi connectivity index (χ4n) is 5.25. The van der Waals surface area contributed by atoms with E-state index in [1.807, 2.05) is 62.1 Å². The predicted octanol–water partition coefficient (Wildman–Crippen LogP) is 6.65. The summed E-state index contributed by atoms with van der Waals surface area (Å²) >= 11 is 0. The molecule has 1 saturated carbocycles. The van der Waals surface area contributed by atoms with Gasteiger partial charge in [0, 0.05) is 30.8 Å². The van der Waals surface area contributed by atoms with Crippen LogP contribution in [-0.2, 0) is 16.1 Å². The Labute approximate surface area is 242 Å². The number of amides is 2. The Hall–Kier alpha value is -4.26. The molecule has 7 heteroatoms. The van der Waals surface area contributed by atoms with Gasteiger partial charge in [0.25, 0.3) is 5.91 Å². The molecule has 1 N–H and O–H groups in total. The van der Waals surface area contributed by atoms with Gasteiger partial charge in [0.05, 0.1) is 13.7 Å². The molecule has 3 aromatic carbocycles. The van der Waals surface area contributed by atoms with E-state index in [9.17, 15) is 14.7 Å². The van der Waals surface area contributed by atoms with E-state index in [1.165, 1.54) is 0 Å². The van der Waals surface area contributed by atoms with E-state index in [1.54, 1.807) is 24.1 Å². The minimum Gasteiger partial charge on any atom is -0.508 e. The Morgan fingerprint density at radius 2 is 1.66 bits per heavy atom. The molecule has 2 amide bonds. The van der Waals surface area contributed by atoms with E-state index in [0.29, 0.717) is 30.8 Å². The Kier molecular flexibility index (Phi) is 8.06. The van der Waals surface area contributed by atoms with Gasteiger partial charge in [0.2, 0.25) is 0 Å². The van der Waals surface area contributed by atoms with Crippen molar-refractivity contribution in [3.63, 3.8) is 0 Å². The van der Waals surface area contributed by atoms with Crippen LogP contribution in [0.4, 0.5) is 4.79 Å². The van der Waals surface area contributed by atoms with Crippen molar-refractivity contribution < 1.29 is 24.2 Å². The number of rotatable bonds is 7. The van der Waals surface area contributed by atoms with Crippen LogP contribution in [0.15, 0.2) is 78.4 Å². The number of carbonyl (C=O) groups is 2. The van der Waals surface area contributed by atoms with Crippen molar-refractivity contribution in [3.05, 3.63) is 89.5 Å². The molecule has 0 spiro atoms. The topological polar surface area (TPSA) is 79.3 Å². The summed E-state index contributed by atoms with van der Waals surface area (Å²) in [6.07, 6.45) is 1.96. The second-order valence-electron chi connectivity index (χ2n) is 11.8. The Morgan fingerprint density at radius 1 is 0.951 bits per heavy atom. The highest BCUT2D eigenvalue weighted by atomic mass is 16.6. The number of methoxy groups -OCH3 is 1. The number of ether oxygens (including phenoxy) is 2. The number of phenolic OH excluding ortho intramolecular Hbond substituents is 1. The van der Waals surface area contributed by atoms with Crippen LogP contribution < -0.4 is 4.74 Å². The minimum atomic E-state index is -0.635. The van der Waals surface area contributed by atoms with Gasteiger partial charge in [-0.05, 0) is 86.1 Å². The van der Waals surface area contributed by atoms with Gasteiger partial charge in [-0.2, -0.15) is 0 Å². The van der Waals surface area contributed by atoms with Gasteiger partial charge in [0.1, 0.15) is 17.1 Å². The van der Waals surface area contributed by atoms with Crippen LogP contribution in [0.25, 0.3) is 16.7 Å². The van der Waals surface area contributed by atoms with E-state index in [4.69, 9.17) is 9.47 Å². The average molecular weight is 555 g/mol. The Morgan fingerprint density at radius 3 is 2.34 bits per heavy atom. The molecular weight excluding hydrogens is 516 g/mol. The predicted molar refractivity (Wildman–Crippen MR) is 159 cm³/mol. The zero-order valence-electron chi connectivity index (χ0n) is 24.2. The highest BCUT2D eigenvalue weighted by Gasteiger charge is 2.38. The zero-order valence-corrected chi connectivity index (χ0v) is 24.2. The van der Waals surface area contributed by atoms with Crippen molar-refractivity contribution in [2.75, 3.05) is 20.2 Å². The first kappa shape index (κ1) is 28.3. The van der Waals surface area contributed by atoms with Gasteiger partial charge >= 0.3 is 6.09 Å². The molecule has 3 aromatic rings. The largest absolute Gasteiger partial charge is 0.508 e. The van der Waals surface area contributed by atoms with Crippen molar-refractivity contribution in [3.8, 4) is 22.6 Å². The molecular formula is C34H38N2O5. The maximum Gasteiger partial charge on any atom is 0.410 e. The number of nitrogens with zero attached hydrogens (tertiary/aromatic N) is 2. The molecule has 1 fully saturated rings. The Bertz CT molecular complexity index is 1450. The molecule has 41 heavy (non-hydrogen) atoms. The number of hydrogen-bond donors (Lipinski definition) is 1. The summed E-state index contributed by atoms with van der Waals surface area (Å²) in [4.78, 5) is 31.0. The number of carbonyl (C=O) groups excluding carboxylic acids is 2. The van der Waals surface area contributed by atoms with Crippen LogP contribution in [0.3, 0.4) is 0 Å². The molecule has 1 heterocycles. The lowest BCUT2D eigenvalue weighted by atomic mass is 9.90. The highest BCUT2D eigenvalue weighted by molar-refractivity contribution is 6.03. The maximum absolute atomic E-state index is 14.4. The van der Waals surface area contributed by atoms with Crippen LogP contribution >= 0.6 is 0 Å². The lowest BCUT2D eigenvalue weighted by Gasteiger charge is -2.34. The first-order chi connectivity index (χ1) is 19.6. The molecule has 1 aliphatic heterocycles. The van der Waals surface area contributed by atoms with Gasteiger partial charge in [-0.25, -0.2) is 4.79 Å². The maximum atomic E-state index is 14.4. The molecule has 2 aliphatic rings. The quantitative estimate of drug-likeness (QED) is 0.354. The molecule has 0 unspecified atom stereocenters. The van der Waals surface area contributed by atoms with Crippen molar-refractivity contribution in [1.29, 1.82) is 0 Å². The summed E-state index contributed by atoms with van der Waals surface area (Å²) in [6.45, 7) is 6.50. The van der Waals surface area contributed by atoms with Crippen molar-refractivity contribution >= 4 is 17.6 Å². The summed E-state index contributed by atoms with van der Waals surface area (Å²) < 4.78 is 11.0. The lowest BCUT2D eigenvalue weighted by Crippen LogP contribution is -2.44. The molecule has 0 bridgehead atoms. The molecule has 0 saturated heterocycles. The lowest BCUT2D eigenvalue weighted by molar-refractivity contribution is -0.128. The summed E-state index contributed by atoms with van der Waals surface area (Å²) in [5.74, 6) is 0.534. The monoisotopic (exact) mass is 554 g/mol. The minimum absolute atomic E-state index is 0.0916. The van der Waals surface area contributed by atoms with E-state index < -0.39 is 11.7 Å². The standard InChI is InChI=1S/C34H38N2O5/c1-34(2,3)41-33(39)35-16-15-30(26-12-8-11-25(19-26)24-9-6-5-7-10-24)31(22-35)32(38)36(27-13-14-27)21-23-17-28(37)20-29(18-23)40-4/h5-12,17-20,27,37H,13-16,21-22H2,1-4H3. The third kappa shape index (κ3) is 6.91.